The van der Waals surface area contributed by atoms with E-state index in [4.69, 9.17) is 0 Å². The number of hydrogen-bond donors (Lipinski definition) is 0. The Kier molecular flexibility index (Phi) is 6.06. The van der Waals surface area contributed by atoms with Gasteiger partial charge in [0.05, 0.1) is 11.1 Å². The van der Waals surface area contributed by atoms with Crippen molar-refractivity contribution in [3.05, 3.63) is 133 Å². The standard InChI is InChI=1S/C36H20N4S/c37-17-23-11-31(21-39-19-23)27-5-1-3-25(13-27)29-7-9-33-34-10-8-30(16-36(34)41-35(33)15-29)26-4-2-6-28(14-26)32-12-24(18-38)20-40-22-32/h1-16,19-22H. The van der Waals surface area contributed by atoms with Crippen molar-refractivity contribution >= 4 is 31.5 Å². The maximum atomic E-state index is 9.26. The van der Waals surface area contributed by atoms with Crippen molar-refractivity contribution in [1.29, 1.82) is 10.5 Å². The number of rotatable bonds is 4. The average molecular weight is 541 g/mol. The molecule has 3 heterocycles. The van der Waals surface area contributed by atoms with Crippen molar-refractivity contribution in [1.82, 2.24) is 9.97 Å². The summed E-state index contributed by atoms with van der Waals surface area (Å²) in [5.41, 5.74) is 9.57. The van der Waals surface area contributed by atoms with Gasteiger partial charge in [-0.2, -0.15) is 10.5 Å². The second kappa shape index (κ2) is 10.2. The highest BCUT2D eigenvalue weighted by Gasteiger charge is 2.11. The molecule has 0 unspecified atom stereocenters. The van der Waals surface area contributed by atoms with Crippen LogP contribution in [-0.2, 0) is 0 Å². The third-order valence-electron chi connectivity index (χ3n) is 7.27. The minimum absolute atomic E-state index is 0.552. The van der Waals surface area contributed by atoms with Gasteiger partial charge in [-0.25, -0.2) is 0 Å². The van der Waals surface area contributed by atoms with Gasteiger partial charge in [0.15, 0.2) is 0 Å². The number of nitrogens with zero attached hydrogens (tertiary/aromatic N) is 4. The number of hydrogen-bond acceptors (Lipinski definition) is 5. The maximum Gasteiger partial charge on any atom is 0.101 e. The molecule has 0 spiro atoms. The molecule has 7 rings (SSSR count). The molecule has 4 nitrogen and oxygen atoms in total. The van der Waals surface area contributed by atoms with Crippen LogP contribution in [0.25, 0.3) is 64.7 Å². The fourth-order valence-electron chi connectivity index (χ4n) is 5.21. The number of aromatic nitrogens is 2. The molecule has 0 N–H and O–H groups in total. The zero-order valence-electron chi connectivity index (χ0n) is 21.7. The topological polar surface area (TPSA) is 73.4 Å². The Hall–Kier alpha value is -5.62. The van der Waals surface area contributed by atoms with Crippen molar-refractivity contribution in [2.24, 2.45) is 0 Å². The molecule has 41 heavy (non-hydrogen) atoms. The van der Waals surface area contributed by atoms with E-state index in [1.165, 1.54) is 20.2 Å². The summed E-state index contributed by atoms with van der Waals surface area (Å²) in [6.07, 6.45) is 6.75. The molecule has 0 radical (unpaired) electrons. The Morgan fingerprint density at radius 1 is 0.439 bits per heavy atom. The van der Waals surface area contributed by atoms with Gasteiger partial charge in [-0.1, -0.05) is 60.7 Å². The third-order valence-corrected chi connectivity index (χ3v) is 8.38. The van der Waals surface area contributed by atoms with E-state index in [2.05, 4.69) is 82.8 Å². The average Bonchev–Trinajstić information content (AvgIpc) is 3.42. The predicted octanol–water partition coefficient (Wildman–Crippen LogP) is 9.26. The van der Waals surface area contributed by atoms with Gasteiger partial charge in [-0.3, -0.25) is 9.97 Å². The maximum absolute atomic E-state index is 9.26. The third kappa shape index (κ3) is 4.61. The van der Waals surface area contributed by atoms with Crippen LogP contribution in [0.2, 0.25) is 0 Å². The van der Waals surface area contributed by atoms with Gasteiger partial charge >= 0.3 is 0 Å². The Labute approximate surface area is 241 Å². The molecule has 0 aliphatic rings. The summed E-state index contributed by atoms with van der Waals surface area (Å²) in [4.78, 5) is 8.44. The summed E-state index contributed by atoms with van der Waals surface area (Å²) < 4.78 is 2.47. The minimum atomic E-state index is 0.552. The van der Waals surface area contributed by atoms with E-state index in [0.29, 0.717) is 11.1 Å². The molecule has 0 fully saturated rings. The van der Waals surface area contributed by atoms with Crippen LogP contribution in [0.15, 0.2) is 122 Å². The van der Waals surface area contributed by atoms with Crippen LogP contribution in [0.4, 0.5) is 0 Å². The highest BCUT2D eigenvalue weighted by atomic mass is 32.1. The van der Waals surface area contributed by atoms with Gasteiger partial charge in [0, 0.05) is 56.1 Å². The summed E-state index contributed by atoms with van der Waals surface area (Å²) in [6, 6.07) is 38.1. The molecule has 0 aliphatic heterocycles. The number of thiophene rings is 1. The summed E-state index contributed by atoms with van der Waals surface area (Å²) in [6.45, 7) is 0. The lowest BCUT2D eigenvalue weighted by Gasteiger charge is -2.07. The lowest BCUT2D eigenvalue weighted by molar-refractivity contribution is 1.30. The van der Waals surface area contributed by atoms with E-state index in [9.17, 15) is 10.5 Å². The summed E-state index contributed by atoms with van der Waals surface area (Å²) in [5.74, 6) is 0. The van der Waals surface area contributed by atoms with Gasteiger partial charge < -0.3 is 0 Å². The van der Waals surface area contributed by atoms with Crippen LogP contribution in [0.5, 0.6) is 0 Å². The molecular formula is C36H20N4S. The van der Waals surface area contributed by atoms with Crippen molar-refractivity contribution in [3.8, 4) is 56.6 Å². The molecule has 190 valence electrons. The Morgan fingerprint density at radius 2 is 0.854 bits per heavy atom. The second-order valence-electron chi connectivity index (χ2n) is 9.83. The first kappa shape index (κ1) is 24.4. The first-order valence-corrected chi connectivity index (χ1v) is 13.9. The zero-order chi connectivity index (χ0) is 27.8. The predicted molar refractivity (Wildman–Crippen MR) is 166 cm³/mol. The molecule has 4 aromatic carbocycles. The van der Waals surface area contributed by atoms with Crippen LogP contribution in [0.1, 0.15) is 11.1 Å². The van der Waals surface area contributed by atoms with E-state index in [0.717, 1.165) is 44.5 Å². The highest BCUT2D eigenvalue weighted by molar-refractivity contribution is 7.25. The van der Waals surface area contributed by atoms with Crippen LogP contribution in [0, 0.1) is 22.7 Å². The fraction of sp³-hybridized carbons (Fsp3) is 0. The normalized spacial score (nSPS) is 10.9. The lowest BCUT2D eigenvalue weighted by Crippen LogP contribution is -1.85. The molecule has 0 aliphatic carbocycles. The molecule has 3 aromatic heterocycles. The van der Waals surface area contributed by atoms with Crippen molar-refractivity contribution in [2.75, 3.05) is 0 Å². The molecule has 0 saturated heterocycles. The van der Waals surface area contributed by atoms with Gasteiger partial charge in [0.2, 0.25) is 0 Å². The minimum Gasteiger partial charge on any atom is -0.263 e. The molecule has 0 saturated carbocycles. The van der Waals surface area contributed by atoms with E-state index >= 15 is 0 Å². The molecule has 0 bridgehead atoms. The van der Waals surface area contributed by atoms with Crippen molar-refractivity contribution in [3.63, 3.8) is 0 Å². The quantitative estimate of drug-likeness (QED) is 0.223. The second-order valence-corrected chi connectivity index (χ2v) is 10.9. The van der Waals surface area contributed by atoms with Gasteiger partial charge in [0.25, 0.3) is 0 Å². The molecule has 5 heteroatoms. The smallest absolute Gasteiger partial charge is 0.101 e. The Balaban J connectivity index is 1.25. The Bertz CT molecular complexity index is 2040. The van der Waals surface area contributed by atoms with Gasteiger partial charge in [-0.15, -0.1) is 11.3 Å². The highest BCUT2D eigenvalue weighted by Crippen LogP contribution is 2.39. The van der Waals surface area contributed by atoms with E-state index in [1.54, 1.807) is 36.1 Å². The Morgan fingerprint density at radius 3 is 1.29 bits per heavy atom. The van der Waals surface area contributed by atoms with Crippen LogP contribution >= 0.6 is 11.3 Å². The molecule has 0 amide bonds. The number of nitriles is 2. The monoisotopic (exact) mass is 540 g/mol. The van der Waals surface area contributed by atoms with Crippen molar-refractivity contribution < 1.29 is 0 Å². The van der Waals surface area contributed by atoms with E-state index < -0.39 is 0 Å². The first-order chi connectivity index (χ1) is 20.2. The SMILES string of the molecule is N#Cc1cncc(-c2cccc(-c3ccc4c(c3)sc3cc(-c5cccc(-c6cncc(C#N)c6)c5)ccc34)c2)c1. The summed E-state index contributed by atoms with van der Waals surface area (Å²) in [5, 5.41) is 21.0. The largest absolute Gasteiger partial charge is 0.263 e. The molecular weight excluding hydrogens is 520 g/mol. The number of pyridine rings is 2. The summed E-state index contributed by atoms with van der Waals surface area (Å²) in [7, 11) is 0. The van der Waals surface area contributed by atoms with Crippen molar-refractivity contribution in [2.45, 2.75) is 0 Å². The van der Waals surface area contributed by atoms with Crippen LogP contribution < -0.4 is 0 Å². The first-order valence-electron chi connectivity index (χ1n) is 13.1. The summed E-state index contributed by atoms with van der Waals surface area (Å²) >= 11 is 1.80. The van der Waals surface area contributed by atoms with Gasteiger partial charge in [-0.05, 0) is 69.8 Å². The fourth-order valence-corrected chi connectivity index (χ4v) is 6.40. The number of benzene rings is 4. The number of fused-ring (bicyclic) bond motifs is 3. The van der Waals surface area contributed by atoms with Crippen LogP contribution in [0.3, 0.4) is 0 Å². The molecule has 0 atom stereocenters. The van der Waals surface area contributed by atoms with Gasteiger partial charge in [0.1, 0.15) is 12.1 Å². The lowest BCUT2D eigenvalue weighted by atomic mass is 9.97. The van der Waals surface area contributed by atoms with Crippen LogP contribution in [-0.4, -0.2) is 9.97 Å². The van der Waals surface area contributed by atoms with E-state index in [-0.39, 0.29) is 0 Å². The zero-order valence-corrected chi connectivity index (χ0v) is 22.6. The molecule has 7 aromatic rings. The van der Waals surface area contributed by atoms with E-state index in [1.807, 2.05) is 36.4 Å².